The van der Waals surface area contributed by atoms with Gasteiger partial charge in [-0.2, -0.15) is 0 Å². The smallest absolute Gasteiger partial charge is 0.141 e. The van der Waals surface area contributed by atoms with Crippen molar-refractivity contribution in [2.45, 2.75) is 33.1 Å². The summed E-state index contributed by atoms with van der Waals surface area (Å²) in [6.45, 7) is 4.11. The first-order valence-electron chi connectivity index (χ1n) is 5.88. The molecule has 0 spiro atoms. The average molecular weight is 217 g/mol. The fourth-order valence-corrected chi connectivity index (χ4v) is 2.47. The maximum Gasteiger partial charge on any atom is 0.141 e. The molecule has 1 atom stereocenters. The number of hydrogen-bond acceptors (Lipinski definition) is 2. The zero-order valence-electron chi connectivity index (χ0n) is 9.99. The summed E-state index contributed by atoms with van der Waals surface area (Å²) in [5.41, 5.74) is 7.52. The lowest BCUT2D eigenvalue weighted by Crippen LogP contribution is -2.22. The van der Waals surface area contributed by atoms with Crippen molar-refractivity contribution in [3.05, 3.63) is 29.8 Å². The van der Waals surface area contributed by atoms with Crippen molar-refractivity contribution in [3.8, 4) is 0 Å². The molecule has 1 aliphatic rings. The molecule has 0 amide bonds. The summed E-state index contributed by atoms with van der Waals surface area (Å²) in [4.78, 5) is 12.1. The Morgan fingerprint density at radius 3 is 2.44 bits per heavy atom. The lowest BCUT2D eigenvalue weighted by molar-refractivity contribution is -0.127. The Labute approximate surface area is 96.8 Å². The van der Waals surface area contributed by atoms with Gasteiger partial charge < -0.3 is 5.73 Å². The summed E-state index contributed by atoms with van der Waals surface area (Å²) in [7, 11) is 0. The van der Waals surface area contributed by atoms with Gasteiger partial charge in [0.15, 0.2) is 0 Å². The van der Waals surface area contributed by atoms with E-state index in [1.807, 2.05) is 24.3 Å². The third-order valence-corrected chi connectivity index (χ3v) is 3.62. The molecule has 1 aromatic rings. The van der Waals surface area contributed by atoms with Crippen LogP contribution in [0.3, 0.4) is 0 Å². The fraction of sp³-hybridized carbons (Fsp3) is 0.500. The van der Waals surface area contributed by atoms with Crippen LogP contribution in [0.5, 0.6) is 0 Å². The Morgan fingerprint density at radius 1 is 1.31 bits per heavy atom. The van der Waals surface area contributed by atoms with Crippen molar-refractivity contribution in [2.24, 2.45) is 11.3 Å². The molecular weight excluding hydrogens is 198 g/mol. The fourth-order valence-electron chi connectivity index (χ4n) is 2.47. The number of anilines is 1. The van der Waals surface area contributed by atoms with Crippen LogP contribution >= 0.6 is 0 Å². The zero-order valence-corrected chi connectivity index (χ0v) is 9.99. The highest BCUT2D eigenvalue weighted by Gasteiger charge is 2.39. The number of benzene rings is 1. The SMILES string of the molecule is CC1(C)CCC(Cc2ccc(N)cc2)C1=O. The van der Waals surface area contributed by atoms with Crippen LogP contribution in [0.2, 0.25) is 0 Å². The van der Waals surface area contributed by atoms with Crippen molar-refractivity contribution in [3.63, 3.8) is 0 Å². The molecule has 1 unspecified atom stereocenters. The molecule has 0 aromatic heterocycles. The summed E-state index contributed by atoms with van der Waals surface area (Å²) >= 11 is 0. The van der Waals surface area contributed by atoms with Crippen molar-refractivity contribution < 1.29 is 4.79 Å². The van der Waals surface area contributed by atoms with Gasteiger partial charge in [0.2, 0.25) is 0 Å². The van der Waals surface area contributed by atoms with Gasteiger partial charge in [-0.1, -0.05) is 26.0 Å². The van der Waals surface area contributed by atoms with Crippen LogP contribution in [0, 0.1) is 11.3 Å². The second-order valence-electron chi connectivity index (χ2n) is 5.43. The van der Waals surface area contributed by atoms with Gasteiger partial charge in [0.1, 0.15) is 5.78 Å². The summed E-state index contributed by atoms with van der Waals surface area (Å²) in [5, 5.41) is 0. The summed E-state index contributed by atoms with van der Waals surface area (Å²) in [6, 6.07) is 7.85. The second-order valence-corrected chi connectivity index (χ2v) is 5.43. The number of rotatable bonds is 2. The Balaban J connectivity index is 2.07. The van der Waals surface area contributed by atoms with Crippen LogP contribution < -0.4 is 5.73 Å². The molecule has 0 heterocycles. The molecule has 2 heteroatoms. The van der Waals surface area contributed by atoms with E-state index in [1.54, 1.807) is 0 Å². The summed E-state index contributed by atoms with van der Waals surface area (Å²) < 4.78 is 0. The summed E-state index contributed by atoms with van der Waals surface area (Å²) in [6.07, 6.45) is 2.91. The van der Waals surface area contributed by atoms with E-state index in [1.165, 1.54) is 5.56 Å². The van der Waals surface area contributed by atoms with Crippen LogP contribution in [0.15, 0.2) is 24.3 Å². The molecule has 0 radical (unpaired) electrons. The van der Waals surface area contributed by atoms with Gasteiger partial charge in [0.25, 0.3) is 0 Å². The third-order valence-electron chi connectivity index (χ3n) is 3.62. The van der Waals surface area contributed by atoms with Gasteiger partial charge in [0, 0.05) is 17.0 Å². The molecule has 1 aliphatic carbocycles. The Hall–Kier alpha value is -1.31. The Bertz CT molecular complexity index is 392. The molecule has 2 rings (SSSR count). The van der Waals surface area contributed by atoms with Crippen molar-refractivity contribution in [2.75, 3.05) is 5.73 Å². The predicted octanol–water partition coefficient (Wildman–Crippen LogP) is 2.82. The van der Waals surface area contributed by atoms with E-state index in [-0.39, 0.29) is 11.3 Å². The Kier molecular flexibility index (Phi) is 2.75. The van der Waals surface area contributed by atoms with Gasteiger partial charge in [-0.15, -0.1) is 0 Å². The van der Waals surface area contributed by atoms with Crippen LogP contribution in [0.1, 0.15) is 32.3 Å². The highest BCUT2D eigenvalue weighted by Crippen LogP contribution is 2.38. The van der Waals surface area contributed by atoms with Crippen LogP contribution in [0.25, 0.3) is 0 Å². The van der Waals surface area contributed by atoms with Crippen molar-refractivity contribution in [1.29, 1.82) is 0 Å². The second kappa shape index (κ2) is 3.93. The number of hydrogen-bond donors (Lipinski definition) is 1. The third kappa shape index (κ3) is 2.11. The van der Waals surface area contributed by atoms with E-state index < -0.39 is 0 Å². The molecular formula is C14H19NO. The number of nitrogens with two attached hydrogens (primary N) is 1. The predicted molar refractivity (Wildman–Crippen MR) is 66.1 cm³/mol. The minimum absolute atomic E-state index is 0.113. The largest absolute Gasteiger partial charge is 0.399 e. The summed E-state index contributed by atoms with van der Waals surface area (Å²) in [5.74, 6) is 0.628. The first-order chi connectivity index (χ1) is 7.49. The van der Waals surface area contributed by atoms with Crippen molar-refractivity contribution >= 4 is 11.5 Å². The minimum atomic E-state index is -0.113. The first kappa shape index (κ1) is 11.2. The lowest BCUT2D eigenvalue weighted by Gasteiger charge is -2.15. The molecule has 86 valence electrons. The van der Waals surface area contributed by atoms with Gasteiger partial charge in [-0.25, -0.2) is 0 Å². The molecule has 16 heavy (non-hydrogen) atoms. The molecule has 0 saturated heterocycles. The van der Waals surface area contributed by atoms with Gasteiger partial charge in [-0.05, 0) is 37.0 Å². The monoisotopic (exact) mass is 217 g/mol. The van der Waals surface area contributed by atoms with Gasteiger partial charge in [0.05, 0.1) is 0 Å². The minimum Gasteiger partial charge on any atom is -0.399 e. The molecule has 1 saturated carbocycles. The zero-order chi connectivity index (χ0) is 11.8. The first-order valence-corrected chi connectivity index (χ1v) is 5.88. The van der Waals surface area contributed by atoms with Crippen LogP contribution in [0.4, 0.5) is 5.69 Å². The topological polar surface area (TPSA) is 43.1 Å². The number of carbonyl (C=O) groups is 1. The highest BCUT2D eigenvalue weighted by atomic mass is 16.1. The number of nitrogen functional groups attached to an aromatic ring is 1. The van der Waals surface area contributed by atoms with E-state index >= 15 is 0 Å². The standard InChI is InChI=1S/C14H19NO/c1-14(2)8-7-11(13(14)16)9-10-3-5-12(15)6-4-10/h3-6,11H,7-9,15H2,1-2H3. The number of carbonyl (C=O) groups excluding carboxylic acids is 1. The van der Waals surface area contributed by atoms with Crippen LogP contribution in [-0.4, -0.2) is 5.78 Å². The molecule has 1 fully saturated rings. The van der Waals surface area contributed by atoms with Crippen LogP contribution in [-0.2, 0) is 11.2 Å². The van der Waals surface area contributed by atoms with E-state index in [4.69, 9.17) is 5.73 Å². The number of Topliss-reactive ketones (excluding diaryl/α,β-unsaturated/α-hetero) is 1. The van der Waals surface area contributed by atoms with Crippen molar-refractivity contribution in [1.82, 2.24) is 0 Å². The van der Waals surface area contributed by atoms with E-state index in [0.29, 0.717) is 5.78 Å². The maximum atomic E-state index is 12.1. The number of ketones is 1. The quantitative estimate of drug-likeness (QED) is 0.774. The maximum absolute atomic E-state index is 12.1. The molecule has 2 nitrogen and oxygen atoms in total. The lowest BCUT2D eigenvalue weighted by atomic mass is 9.87. The van der Waals surface area contributed by atoms with Gasteiger partial charge in [-0.3, -0.25) is 4.79 Å². The highest BCUT2D eigenvalue weighted by molar-refractivity contribution is 5.88. The molecule has 2 N–H and O–H groups in total. The van der Waals surface area contributed by atoms with E-state index in [2.05, 4.69) is 13.8 Å². The van der Waals surface area contributed by atoms with E-state index in [0.717, 1.165) is 24.9 Å². The normalized spacial score (nSPS) is 23.6. The van der Waals surface area contributed by atoms with Gasteiger partial charge >= 0.3 is 0 Å². The van der Waals surface area contributed by atoms with E-state index in [9.17, 15) is 4.79 Å². The molecule has 0 aliphatic heterocycles. The Morgan fingerprint density at radius 2 is 1.94 bits per heavy atom. The molecule has 1 aromatic carbocycles. The molecule has 0 bridgehead atoms. The average Bonchev–Trinajstić information content (AvgIpc) is 2.49.